The molecule has 1 aromatic heterocycles. The van der Waals surface area contributed by atoms with Crippen molar-refractivity contribution in [3.05, 3.63) is 101 Å². The first-order valence-corrected chi connectivity index (χ1v) is 8.95. The van der Waals surface area contributed by atoms with Crippen LogP contribution in [-0.4, -0.2) is 0 Å². The zero-order valence-electron chi connectivity index (χ0n) is 15.4. The predicted molar refractivity (Wildman–Crippen MR) is 112 cm³/mol. The standard InChI is InChI=1S/C24H19NO3/c1-16-11-13-18(14-12-16)27-21-10-6-5-9-19(21)22-15-20(23(25)24(26)28-22)17-7-3-2-4-8-17/h2-15H,25H2,1H3. The average molecular weight is 369 g/mol. The Morgan fingerprint density at radius 3 is 2.25 bits per heavy atom. The minimum absolute atomic E-state index is 0.0897. The van der Waals surface area contributed by atoms with E-state index in [4.69, 9.17) is 14.9 Å². The van der Waals surface area contributed by atoms with E-state index < -0.39 is 5.63 Å². The van der Waals surface area contributed by atoms with Gasteiger partial charge in [-0.15, -0.1) is 0 Å². The topological polar surface area (TPSA) is 65.5 Å². The summed E-state index contributed by atoms with van der Waals surface area (Å²) in [6.07, 6.45) is 0. The van der Waals surface area contributed by atoms with Gasteiger partial charge in [-0.2, -0.15) is 0 Å². The minimum Gasteiger partial charge on any atom is -0.457 e. The fourth-order valence-corrected chi connectivity index (χ4v) is 2.98. The first kappa shape index (κ1) is 17.6. The summed E-state index contributed by atoms with van der Waals surface area (Å²) in [6.45, 7) is 2.02. The quantitative estimate of drug-likeness (QED) is 0.504. The van der Waals surface area contributed by atoms with E-state index in [2.05, 4.69) is 0 Å². The molecule has 3 aromatic carbocycles. The van der Waals surface area contributed by atoms with E-state index in [1.165, 1.54) is 0 Å². The molecule has 0 saturated carbocycles. The molecule has 2 N–H and O–H groups in total. The molecule has 0 aliphatic rings. The first-order valence-electron chi connectivity index (χ1n) is 8.95. The van der Waals surface area contributed by atoms with Crippen LogP contribution in [0.5, 0.6) is 11.5 Å². The molecule has 0 aliphatic carbocycles. The SMILES string of the molecule is Cc1ccc(Oc2ccccc2-c2cc(-c3ccccc3)c(N)c(=O)o2)cc1. The van der Waals surface area contributed by atoms with E-state index >= 15 is 0 Å². The second kappa shape index (κ2) is 7.45. The Balaban J connectivity index is 1.81. The molecule has 0 fully saturated rings. The summed E-state index contributed by atoms with van der Waals surface area (Å²) in [6, 6.07) is 26.5. The van der Waals surface area contributed by atoms with Gasteiger partial charge in [0.15, 0.2) is 0 Å². The maximum atomic E-state index is 12.4. The molecular weight excluding hydrogens is 350 g/mol. The van der Waals surface area contributed by atoms with Gasteiger partial charge in [-0.25, -0.2) is 4.79 Å². The molecule has 0 spiro atoms. The third-order valence-electron chi connectivity index (χ3n) is 4.47. The molecule has 0 unspecified atom stereocenters. The molecular formula is C24H19NO3. The molecule has 4 nitrogen and oxygen atoms in total. The van der Waals surface area contributed by atoms with Gasteiger partial charge in [-0.05, 0) is 42.8 Å². The Labute approximate surface area is 162 Å². The largest absolute Gasteiger partial charge is 0.457 e. The van der Waals surface area contributed by atoms with Crippen LogP contribution < -0.4 is 16.1 Å². The highest BCUT2D eigenvalue weighted by Crippen LogP contribution is 2.35. The Bertz CT molecular complexity index is 1160. The summed E-state index contributed by atoms with van der Waals surface area (Å²) < 4.78 is 11.5. The number of nitrogens with two attached hydrogens (primary N) is 1. The van der Waals surface area contributed by atoms with Crippen LogP contribution in [0.3, 0.4) is 0 Å². The summed E-state index contributed by atoms with van der Waals surface area (Å²) in [4.78, 5) is 12.4. The van der Waals surface area contributed by atoms with E-state index in [9.17, 15) is 4.79 Å². The van der Waals surface area contributed by atoms with Gasteiger partial charge in [0.05, 0.1) is 5.56 Å². The highest BCUT2D eigenvalue weighted by atomic mass is 16.5. The molecule has 4 aromatic rings. The summed E-state index contributed by atoms with van der Waals surface area (Å²) in [5, 5.41) is 0. The molecule has 0 aliphatic heterocycles. The molecule has 0 amide bonds. The molecule has 4 heteroatoms. The lowest BCUT2D eigenvalue weighted by atomic mass is 10.0. The van der Waals surface area contributed by atoms with E-state index in [1.807, 2.05) is 85.8 Å². The summed E-state index contributed by atoms with van der Waals surface area (Å²) in [7, 11) is 0. The molecule has 138 valence electrons. The van der Waals surface area contributed by atoms with Crippen LogP contribution in [0.2, 0.25) is 0 Å². The second-order valence-corrected chi connectivity index (χ2v) is 6.50. The van der Waals surface area contributed by atoms with E-state index in [-0.39, 0.29) is 5.69 Å². The van der Waals surface area contributed by atoms with Crippen LogP contribution in [-0.2, 0) is 0 Å². The highest BCUT2D eigenvalue weighted by Gasteiger charge is 2.15. The third kappa shape index (κ3) is 3.53. The van der Waals surface area contributed by atoms with Gasteiger partial charge in [0, 0.05) is 5.56 Å². The number of benzene rings is 3. The molecule has 0 saturated heterocycles. The van der Waals surface area contributed by atoms with Crippen molar-refractivity contribution in [3.8, 4) is 33.9 Å². The maximum absolute atomic E-state index is 12.4. The fourth-order valence-electron chi connectivity index (χ4n) is 2.98. The van der Waals surface area contributed by atoms with Crippen molar-refractivity contribution >= 4 is 5.69 Å². The van der Waals surface area contributed by atoms with Gasteiger partial charge in [-0.1, -0.05) is 60.2 Å². The highest BCUT2D eigenvalue weighted by molar-refractivity contribution is 5.80. The normalized spacial score (nSPS) is 10.6. The lowest BCUT2D eigenvalue weighted by Crippen LogP contribution is -2.09. The minimum atomic E-state index is -0.568. The van der Waals surface area contributed by atoms with Gasteiger partial charge in [0.1, 0.15) is 22.9 Å². The number of hydrogen-bond donors (Lipinski definition) is 1. The molecule has 0 bridgehead atoms. The van der Waals surface area contributed by atoms with Crippen LogP contribution in [0.4, 0.5) is 5.69 Å². The summed E-state index contributed by atoms with van der Waals surface area (Å²) in [5.74, 6) is 1.71. The van der Waals surface area contributed by atoms with Gasteiger partial charge >= 0.3 is 5.63 Å². The Kier molecular flexibility index (Phi) is 4.68. The van der Waals surface area contributed by atoms with Crippen molar-refractivity contribution < 1.29 is 9.15 Å². The monoisotopic (exact) mass is 369 g/mol. The molecule has 4 rings (SSSR count). The maximum Gasteiger partial charge on any atom is 0.360 e. The van der Waals surface area contributed by atoms with Crippen molar-refractivity contribution in [1.29, 1.82) is 0 Å². The van der Waals surface area contributed by atoms with Gasteiger partial charge < -0.3 is 14.9 Å². The zero-order chi connectivity index (χ0) is 19.5. The van der Waals surface area contributed by atoms with Gasteiger partial charge in [0.2, 0.25) is 0 Å². The zero-order valence-corrected chi connectivity index (χ0v) is 15.4. The van der Waals surface area contributed by atoms with Crippen LogP contribution in [0.1, 0.15) is 5.56 Å². The second-order valence-electron chi connectivity index (χ2n) is 6.50. The number of nitrogen functional groups attached to an aromatic ring is 1. The van der Waals surface area contributed by atoms with E-state index in [0.717, 1.165) is 11.1 Å². The lowest BCUT2D eigenvalue weighted by Gasteiger charge is -2.12. The summed E-state index contributed by atoms with van der Waals surface area (Å²) in [5.41, 5.74) is 8.84. The van der Waals surface area contributed by atoms with Crippen LogP contribution >= 0.6 is 0 Å². The molecule has 28 heavy (non-hydrogen) atoms. The lowest BCUT2D eigenvalue weighted by molar-refractivity contribution is 0.477. The number of aryl methyl sites for hydroxylation is 1. The number of ether oxygens (including phenoxy) is 1. The molecule has 0 radical (unpaired) electrons. The van der Waals surface area contributed by atoms with Crippen molar-refractivity contribution in [1.82, 2.24) is 0 Å². The fraction of sp³-hybridized carbons (Fsp3) is 0.0417. The molecule has 1 heterocycles. The van der Waals surface area contributed by atoms with Gasteiger partial charge in [-0.3, -0.25) is 0 Å². The summed E-state index contributed by atoms with van der Waals surface area (Å²) >= 11 is 0. The van der Waals surface area contributed by atoms with E-state index in [0.29, 0.717) is 28.4 Å². The number of hydrogen-bond acceptors (Lipinski definition) is 4. The van der Waals surface area contributed by atoms with Crippen molar-refractivity contribution in [2.24, 2.45) is 0 Å². The average Bonchev–Trinajstić information content (AvgIpc) is 2.73. The third-order valence-corrected chi connectivity index (χ3v) is 4.47. The molecule has 0 atom stereocenters. The predicted octanol–water partition coefficient (Wildman–Crippen LogP) is 5.66. The van der Waals surface area contributed by atoms with Crippen LogP contribution in [0.25, 0.3) is 22.5 Å². The van der Waals surface area contributed by atoms with Crippen molar-refractivity contribution in [2.75, 3.05) is 5.73 Å². The number of para-hydroxylation sites is 1. The Morgan fingerprint density at radius 2 is 1.50 bits per heavy atom. The van der Waals surface area contributed by atoms with Crippen LogP contribution in [0, 0.1) is 6.92 Å². The first-order chi connectivity index (χ1) is 13.6. The smallest absolute Gasteiger partial charge is 0.360 e. The van der Waals surface area contributed by atoms with Crippen molar-refractivity contribution in [3.63, 3.8) is 0 Å². The van der Waals surface area contributed by atoms with Crippen molar-refractivity contribution in [2.45, 2.75) is 6.92 Å². The van der Waals surface area contributed by atoms with E-state index in [1.54, 1.807) is 6.07 Å². The Morgan fingerprint density at radius 1 is 0.821 bits per heavy atom. The van der Waals surface area contributed by atoms with Crippen LogP contribution in [0.15, 0.2) is 94.1 Å². The van der Waals surface area contributed by atoms with Gasteiger partial charge in [0.25, 0.3) is 0 Å². The Hall–Kier alpha value is -3.79. The number of anilines is 1. The number of rotatable bonds is 4.